The highest BCUT2D eigenvalue weighted by Crippen LogP contribution is 2.32. The van der Waals surface area contributed by atoms with Crippen molar-refractivity contribution >= 4 is 11.8 Å². The lowest BCUT2D eigenvalue weighted by Crippen LogP contribution is -2.19. The average Bonchev–Trinajstić information content (AvgIpc) is 2.68. The summed E-state index contributed by atoms with van der Waals surface area (Å²) >= 11 is 0. The normalized spacial score (nSPS) is 14.8. The predicted molar refractivity (Wildman–Crippen MR) is 98.6 cm³/mol. The maximum Gasteiger partial charge on any atom is 0.338 e. The SMILES string of the molecule is Cn1ccc(C(=O)OCC(=O)c2ccc(C3CCCCC3)cc2)cc1=O. The number of aromatic nitrogens is 1. The van der Waals surface area contributed by atoms with Gasteiger partial charge in [-0.05, 0) is 30.4 Å². The van der Waals surface area contributed by atoms with Gasteiger partial charge in [-0.1, -0.05) is 43.5 Å². The van der Waals surface area contributed by atoms with Crippen LogP contribution in [0.15, 0.2) is 47.4 Å². The van der Waals surface area contributed by atoms with E-state index >= 15 is 0 Å². The highest BCUT2D eigenvalue weighted by Gasteiger charge is 2.17. The van der Waals surface area contributed by atoms with E-state index in [1.54, 1.807) is 19.2 Å². The zero-order chi connectivity index (χ0) is 18.5. The summed E-state index contributed by atoms with van der Waals surface area (Å²) < 4.78 is 6.41. The third kappa shape index (κ3) is 4.28. The van der Waals surface area contributed by atoms with Gasteiger partial charge in [0.15, 0.2) is 12.4 Å². The average molecular weight is 353 g/mol. The molecular formula is C21H23NO4. The van der Waals surface area contributed by atoms with Crippen LogP contribution in [-0.4, -0.2) is 22.9 Å². The summed E-state index contributed by atoms with van der Waals surface area (Å²) in [6, 6.07) is 10.3. The maximum atomic E-state index is 12.2. The number of ether oxygens (including phenoxy) is 1. The van der Waals surface area contributed by atoms with Crippen LogP contribution in [0.5, 0.6) is 0 Å². The Bertz CT molecular complexity index is 845. The van der Waals surface area contributed by atoms with E-state index in [1.807, 2.05) is 12.1 Å². The smallest absolute Gasteiger partial charge is 0.338 e. The molecule has 0 amide bonds. The van der Waals surface area contributed by atoms with Gasteiger partial charge in [-0.3, -0.25) is 9.59 Å². The summed E-state index contributed by atoms with van der Waals surface area (Å²) in [7, 11) is 1.60. The molecule has 5 heteroatoms. The van der Waals surface area contributed by atoms with Crippen LogP contribution in [-0.2, 0) is 11.8 Å². The molecule has 0 N–H and O–H groups in total. The molecule has 26 heavy (non-hydrogen) atoms. The number of nitrogens with zero attached hydrogens (tertiary/aromatic N) is 1. The molecule has 0 atom stereocenters. The number of esters is 1. The van der Waals surface area contributed by atoms with Crippen molar-refractivity contribution in [2.45, 2.75) is 38.0 Å². The Morgan fingerprint density at radius 2 is 1.73 bits per heavy atom. The fraction of sp³-hybridized carbons (Fsp3) is 0.381. The fourth-order valence-corrected chi connectivity index (χ4v) is 3.35. The Balaban J connectivity index is 1.58. The van der Waals surface area contributed by atoms with E-state index in [1.165, 1.54) is 60.6 Å². The van der Waals surface area contributed by atoms with Gasteiger partial charge >= 0.3 is 5.97 Å². The van der Waals surface area contributed by atoms with Gasteiger partial charge in [0.2, 0.25) is 0 Å². The third-order valence-corrected chi connectivity index (χ3v) is 4.98. The van der Waals surface area contributed by atoms with Crippen molar-refractivity contribution in [3.8, 4) is 0 Å². The second kappa shape index (κ2) is 8.13. The Labute approximate surface area is 152 Å². The van der Waals surface area contributed by atoms with Gasteiger partial charge in [0.1, 0.15) is 0 Å². The van der Waals surface area contributed by atoms with E-state index in [0.717, 1.165) is 0 Å². The lowest BCUT2D eigenvalue weighted by molar-refractivity contribution is 0.0474. The number of hydrogen-bond donors (Lipinski definition) is 0. The molecular weight excluding hydrogens is 330 g/mol. The number of Topliss-reactive ketones (excluding diaryl/α,β-unsaturated/α-hetero) is 1. The molecule has 2 aromatic rings. The summed E-state index contributed by atoms with van der Waals surface area (Å²) in [5, 5.41) is 0. The van der Waals surface area contributed by atoms with Crippen LogP contribution in [0, 0.1) is 0 Å². The predicted octanol–water partition coefficient (Wildman–Crippen LogP) is 3.47. The van der Waals surface area contributed by atoms with Crippen LogP contribution in [0.25, 0.3) is 0 Å². The van der Waals surface area contributed by atoms with Crippen molar-refractivity contribution in [3.05, 3.63) is 69.6 Å². The van der Waals surface area contributed by atoms with Crippen LogP contribution in [0.1, 0.15) is 64.3 Å². The number of aryl methyl sites for hydroxylation is 1. The van der Waals surface area contributed by atoms with E-state index in [0.29, 0.717) is 11.5 Å². The zero-order valence-electron chi connectivity index (χ0n) is 14.9. The highest BCUT2D eigenvalue weighted by molar-refractivity contribution is 5.99. The van der Waals surface area contributed by atoms with Crippen LogP contribution in [0.3, 0.4) is 0 Å². The second-order valence-electron chi connectivity index (χ2n) is 6.82. The molecule has 1 aromatic carbocycles. The third-order valence-electron chi connectivity index (χ3n) is 4.98. The summed E-state index contributed by atoms with van der Waals surface area (Å²) in [6.45, 7) is -0.336. The topological polar surface area (TPSA) is 65.4 Å². The van der Waals surface area contributed by atoms with Crippen molar-refractivity contribution in [2.75, 3.05) is 6.61 Å². The molecule has 0 unspecified atom stereocenters. The number of hydrogen-bond acceptors (Lipinski definition) is 4. The summed E-state index contributed by atoms with van der Waals surface area (Å²) in [4.78, 5) is 35.8. The molecule has 1 fully saturated rings. The number of ketones is 1. The van der Waals surface area contributed by atoms with E-state index in [-0.39, 0.29) is 23.5 Å². The molecule has 0 spiro atoms. The van der Waals surface area contributed by atoms with Crippen molar-refractivity contribution in [3.63, 3.8) is 0 Å². The molecule has 0 radical (unpaired) electrons. The van der Waals surface area contributed by atoms with Gasteiger partial charge in [-0.25, -0.2) is 4.79 Å². The molecule has 0 aliphatic heterocycles. The van der Waals surface area contributed by atoms with E-state index in [2.05, 4.69) is 0 Å². The minimum absolute atomic E-state index is 0.147. The maximum absolute atomic E-state index is 12.2. The van der Waals surface area contributed by atoms with E-state index in [4.69, 9.17) is 4.74 Å². The summed E-state index contributed by atoms with van der Waals surface area (Å²) in [5.74, 6) is -0.335. The van der Waals surface area contributed by atoms with E-state index in [9.17, 15) is 14.4 Å². The molecule has 136 valence electrons. The van der Waals surface area contributed by atoms with Gasteiger partial charge in [0.05, 0.1) is 5.56 Å². The second-order valence-corrected chi connectivity index (χ2v) is 6.82. The minimum Gasteiger partial charge on any atom is -0.454 e. The number of benzene rings is 1. The van der Waals surface area contributed by atoms with Crippen LogP contribution in [0.2, 0.25) is 0 Å². The molecule has 1 saturated carbocycles. The van der Waals surface area contributed by atoms with Crippen molar-refractivity contribution in [1.82, 2.24) is 4.57 Å². The van der Waals surface area contributed by atoms with Crippen LogP contribution >= 0.6 is 0 Å². The van der Waals surface area contributed by atoms with Gasteiger partial charge in [-0.15, -0.1) is 0 Å². The Hall–Kier alpha value is -2.69. The molecule has 1 aromatic heterocycles. The van der Waals surface area contributed by atoms with Crippen LogP contribution in [0.4, 0.5) is 0 Å². The molecule has 1 aliphatic carbocycles. The van der Waals surface area contributed by atoms with Gasteiger partial charge in [0.25, 0.3) is 5.56 Å². The standard InChI is InChI=1S/C21H23NO4/c1-22-12-11-18(13-20(22)24)21(25)26-14-19(23)17-9-7-16(8-10-17)15-5-3-2-4-6-15/h7-13,15H,2-6,14H2,1H3. The summed E-state index contributed by atoms with van der Waals surface area (Å²) in [5.41, 5.74) is 1.65. The monoisotopic (exact) mass is 353 g/mol. The summed E-state index contributed by atoms with van der Waals surface area (Å²) in [6.07, 6.45) is 7.76. The molecule has 5 nitrogen and oxygen atoms in total. The number of pyridine rings is 1. The molecule has 0 saturated heterocycles. The van der Waals surface area contributed by atoms with Crippen molar-refractivity contribution < 1.29 is 14.3 Å². The Morgan fingerprint density at radius 3 is 2.38 bits per heavy atom. The molecule has 1 aliphatic rings. The van der Waals surface area contributed by atoms with Crippen molar-refractivity contribution in [1.29, 1.82) is 0 Å². The number of carbonyl (C=O) groups is 2. The highest BCUT2D eigenvalue weighted by atomic mass is 16.5. The first kappa shape index (κ1) is 18.1. The lowest BCUT2D eigenvalue weighted by atomic mass is 9.84. The number of rotatable bonds is 5. The fourth-order valence-electron chi connectivity index (χ4n) is 3.35. The molecule has 3 rings (SSSR count). The van der Waals surface area contributed by atoms with Gasteiger partial charge in [0, 0.05) is 24.9 Å². The molecule has 1 heterocycles. The largest absolute Gasteiger partial charge is 0.454 e. The first-order valence-corrected chi connectivity index (χ1v) is 9.01. The van der Waals surface area contributed by atoms with Crippen LogP contribution < -0.4 is 5.56 Å². The lowest BCUT2D eigenvalue weighted by Gasteiger charge is -2.22. The van der Waals surface area contributed by atoms with Gasteiger partial charge in [-0.2, -0.15) is 0 Å². The zero-order valence-corrected chi connectivity index (χ0v) is 14.9. The van der Waals surface area contributed by atoms with Crippen molar-refractivity contribution in [2.24, 2.45) is 7.05 Å². The quantitative estimate of drug-likeness (QED) is 0.610. The first-order valence-electron chi connectivity index (χ1n) is 9.01. The molecule has 0 bridgehead atoms. The first-order chi connectivity index (χ1) is 12.5. The number of carbonyl (C=O) groups excluding carboxylic acids is 2. The minimum atomic E-state index is -0.671. The Morgan fingerprint density at radius 1 is 1.04 bits per heavy atom. The van der Waals surface area contributed by atoms with E-state index < -0.39 is 5.97 Å². The Kier molecular flexibility index (Phi) is 5.66. The van der Waals surface area contributed by atoms with Gasteiger partial charge < -0.3 is 9.30 Å².